The molecule has 0 radical (unpaired) electrons. The molecule has 1 unspecified atom stereocenters. The smallest absolute Gasteiger partial charge is 0.333 e. The van der Waals surface area contributed by atoms with Crippen molar-refractivity contribution in [3.05, 3.63) is 12.2 Å². The lowest BCUT2D eigenvalue weighted by molar-refractivity contribution is -0.176. The fourth-order valence-electron chi connectivity index (χ4n) is 2.90. The van der Waals surface area contributed by atoms with Crippen LogP contribution >= 0.6 is 0 Å². The Kier molecular flexibility index (Phi) is 3.87. The Bertz CT molecular complexity index is 297. The second-order valence-corrected chi connectivity index (χ2v) is 5.30. The zero-order valence-electron chi connectivity index (χ0n) is 10.7. The Labute approximate surface area is 103 Å². The Morgan fingerprint density at radius 3 is 2.53 bits per heavy atom. The molecule has 1 aliphatic carbocycles. The normalized spacial score (nSPS) is 27.7. The van der Waals surface area contributed by atoms with Gasteiger partial charge in [0.15, 0.2) is 0 Å². The number of carbonyl (C=O) groups is 1. The molecule has 0 aromatic heterocycles. The van der Waals surface area contributed by atoms with E-state index in [9.17, 15) is 4.79 Å². The molecule has 2 rings (SSSR count). The molecular formula is C14H22O3. The molecule has 0 aromatic rings. The summed E-state index contributed by atoms with van der Waals surface area (Å²) in [6, 6.07) is 0. The number of ether oxygens (including phenoxy) is 2. The average molecular weight is 238 g/mol. The molecule has 1 atom stereocenters. The van der Waals surface area contributed by atoms with Crippen LogP contribution in [-0.4, -0.2) is 24.3 Å². The van der Waals surface area contributed by atoms with Crippen LogP contribution in [0.3, 0.4) is 0 Å². The van der Waals surface area contributed by atoms with Gasteiger partial charge in [0, 0.05) is 12.2 Å². The van der Waals surface area contributed by atoms with Gasteiger partial charge in [-0.05, 0) is 45.4 Å². The van der Waals surface area contributed by atoms with E-state index < -0.39 is 0 Å². The Morgan fingerprint density at radius 2 is 2.00 bits per heavy atom. The highest BCUT2D eigenvalue weighted by atomic mass is 16.6. The monoisotopic (exact) mass is 238 g/mol. The third-order valence-corrected chi connectivity index (χ3v) is 3.86. The molecule has 0 N–H and O–H groups in total. The predicted molar refractivity (Wildman–Crippen MR) is 65.7 cm³/mol. The first kappa shape index (κ1) is 12.6. The molecule has 0 spiro atoms. The van der Waals surface area contributed by atoms with E-state index in [1.165, 1.54) is 6.42 Å². The lowest BCUT2D eigenvalue weighted by Gasteiger charge is -2.40. The summed E-state index contributed by atoms with van der Waals surface area (Å²) in [5, 5.41) is 0. The molecule has 2 fully saturated rings. The van der Waals surface area contributed by atoms with Crippen LogP contribution in [0, 0.1) is 0 Å². The molecule has 1 saturated carbocycles. The van der Waals surface area contributed by atoms with Gasteiger partial charge in [-0.3, -0.25) is 0 Å². The van der Waals surface area contributed by atoms with Gasteiger partial charge in [-0.1, -0.05) is 13.0 Å². The molecule has 1 heterocycles. The van der Waals surface area contributed by atoms with Crippen molar-refractivity contribution in [1.29, 1.82) is 0 Å². The fourth-order valence-corrected chi connectivity index (χ4v) is 2.90. The van der Waals surface area contributed by atoms with Crippen LogP contribution in [0.25, 0.3) is 0 Å². The molecule has 0 bridgehead atoms. The van der Waals surface area contributed by atoms with E-state index in [1.54, 1.807) is 6.92 Å². The van der Waals surface area contributed by atoms with Crippen molar-refractivity contribution in [2.75, 3.05) is 6.61 Å². The van der Waals surface area contributed by atoms with Crippen LogP contribution < -0.4 is 0 Å². The van der Waals surface area contributed by atoms with Crippen molar-refractivity contribution in [3.8, 4) is 0 Å². The summed E-state index contributed by atoms with van der Waals surface area (Å²) in [5.74, 6) is -0.262. The van der Waals surface area contributed by atoms with Crippen molar-refractivity contribution in [2.24, 2.45) is 0 Å². The lowest BCUT2D eigenvalue weighted by atomic mass is 9.79. The minimum atomic E-state index is -0.370. The summed E-state index contributed by atoms with van der Waals surface area (Å²) in [7, 11) is 0. The zero-order chi connectivity index (χ0) is 12.3. The maximum Gasteiger partial charge on any atom is 0.333 e. The van der Waals surface area contributed by atoms with E-state index in [0.717, 1.165) is 45.1 Å². The van der Waals surface area contributed by atoms with Crippen LogP contribution in [-0.2, 0) is 14.3 Å². The topological polar surface area (TPSA) is 35.5 Å². The van der Waals surface area contributed by atoms with Crippen LogP contribution in [0.2, 0.25) is 0 Å². The van der Waals surface area contributed by atoms with Gasteiger partial charge in [0.25, 0.3) is 0 Å². The van der Waals surface area contributed by atoms with E-state index in [4.69, 9.17) is 9.47 Å². The van der Waals surface area contributed by atoms with E-state index >= 15 is 0 Å². The number of carbonyl (C=O) groups excluding carboxylic acids is 1. The van der Waals surface area contributed by atoms with Gasteiger partial charge >= 0.3 is 5.97 Å². The first-order valence-electron chi connectivity index (χ1n) is 6.64. The van der Waals surface area contributed by atoms with Gasteiger partial charge in [-0.15, -0.1) is 0 Å². The second-order valence-electron chi connectivity index (χ2n) is 5.30. The van der Waals surface area contributed by atoms with Crippen LogP contribution in [0.4, 0.5) is 0 Å². The quantitative estimate of drug-likeness (QED) is 0.560. The standard InChI is InChI=1S/C14H22O3/c1-11(2)13(15)17-14(8-4-3-5-9-14)12-7-6-10-16-12/h12H,1,3-10H2,2H3. The number of rotatable bonds is 3. The highest BCUT2D eigenvalue weighted by Gasteiger charge is 2.45. The molecule has 0 aromatic carbocycles. The average Bonchev–Trinajstić information content (AvgIpc) is 2.84. The van der Waals surface area contributed by atoms with Crippen molar-refractivity contribution in [1.82, 2.24) is 0 Å². The van der Waals surface area contributed by atoms with E-state index in [1.807, 2.05) is 0 Å². The van der Waals surface area contributed by atoms with Crippen molar-refractivity contribution in [3.63, 3.8) is 0 Å². The SMILES string of the molecule is C=C(C)C(=O)OC1(C2CCCO2)CCCCC1. The fraction of sp³-hybridized carbons (Fsp3) is 0.786. The summed E-state index contributed by atoms with van der Waals surface area (Å²) in [6.45, 7) is 6.17. The minimum Gasteiger partial charge on any atom is -0.453 e. The maximum atomic E-state index is 11.8. The molecule has 17 heavy (non-hydrogen) atoms. The van der Waals surface area contributed by atoms with Gasteiger partial charge in [0.2, 0.25) is 0 Å². The molecule has 1 saturated heterocycles. The highest BCUT2D eigenvalue weighted by molar-refractivity contribution is 5.87. The van der Waals surface area contributed by atoms with Gasteiger partial charge < -0.3 is 9.47 Å². The predicted octanol–water partition coefficient (Wildman–Crippen LogP) is 2.99. The molecule has 0 amide bonds. The molecule has 3 heteroatoms. The second kappa shape index (κ2) is 5.21. The highest BCUT2D eigenvalue weighted by Crippen LogP contribution is 2.40. The summed E-state index contributed by atoms with van der Waals surface area (Å²) >= 11 is 0. The van der Waals surface area contributed by atoms with Crippen molar-refractivity contribution in [2.45, 2.75) is 63.6 Å². The molecule has 96 valence electrons. The van der Waals surface area contributed by atoms with E-state index in [0.29, 0.717) is 5.57 Å². The van der Waals surface area contributed by atoms with Gasteiger partial charge in [-0.2, -0.15) is 0 Å². The van der Waals surface area contributed by atoms with Crippen molar-refractivity contribution < 1.29 is 14.3 Å². The van der Waals surface area contributed by atoms with Gasteiger partial charge in [0.1, 0.15) is 5.60 Å². The number of esters is 1. The summed E-state index contributed by atoms with van der Waals surface area (Å²) in [5.41, 5.74) is 0.109. The molecule has 3 nitrogen and oxygen atoms in total. The summed E-state index contributed by atoms with van der Waals surface area (Å²) < 4.78 is 11.5. The Hall–Kier alpha value is -0.830. The number of hydrogen-bond donors (Lipinski definition) is 0. The maximum absolute atomic E-state index is 11.8. The van der Waals surface area contributed by atoms with E-state index in [-0.39, 0.29) is 17.7 Å². The minimum absolute atomic E-state index is 0.103. The van der Waals surface area contributed by atoms with E-state index in [2.05, 4.69) is 6.58 Å². The van der Waals surface area contributed by atoms with Gasteiger partial charge in [0.05, 0.1) is 6.10 Å². The molecular weight excluding hydrogens is 216 g/mol. The van der Waals surface area contributed by atoms with Crippen LogP contribution in [0.1, 0.15) is 51.9 Å². The largest absolute Gasteiger partial charge is 0.453 e. The van der Waals surface area contributed by atoms with Crippen molar-refractivity contribution >= 4 is 5.97 Å². The number of hydrogen-bond acceptors (Lipinski definition) is 3. The Balaban J connectivity index is 2.10. The third-order valence-electron chi connectivity index (χ3n) is 3.86. The third kappa shape index (κ3) is 2.71. The van der Waals surface area contributed by atoms with Crippen LogP contribution in [0.15, 0.2) is 12.2 Å². The van der Waals surface area contributed by atoms with Crippen LogP contribution in [0.5, 0.6) is 0 Å². The first-order valence-corrected chi connectivity index (χ1v) is 6.64. The zero-order valence-corrected chi connectivity index (χ0v) is 10.7. The molecule has 1 aliphatic heterocycles. The van der Waals surface area contributed by atoms with Gasteiger partial charge in [-0.25, -0.2) is 4.79 Å². The Morgan fingerprint density at radius 1 is 1.29 bits per heavy atom. The molecule has 2 aliphatic rings. The lowest BCUT2D eigenvalue weighted by Crippen LogP contribution is -2.47. The summed E-state index contributed by atoms with van der Waals surface area (Å²) in [6.07, 6.45) is 7.57. The first-order chi connectivity index (χ1) is 8.14. The summed E-state index contributed by atoms with van der Waals surface area (Å²) in [4.78, 5) is 11.8.